The van der Waals surface area contributed by atoms with Gasteiger partial charge in [0.15, 0.2) is 15.8 Å². The maximum Gasteiger partial charge on any atom is 0.285 e. The Hall–Kier alpha value is -2.51. The van der Waals surface area contributed by atoms with Crippen molar-refractivity contribution in [2.24, 2.45) is 0 Å². The Morgan fingerprint density at radius 2 is 1.96 bits per heavy atom. The first-order chi connectivity index (χ1) is 12.9. The molecule has 0 unspecified atom stereocenters. The van der Waals surface area contributed by atoms with Crippen LogP contribution in [0.5, 0.6) is 11.5 Å². The Morgan fingerprint density at radius 1 is 1.30 bits per heavy atom. The minimum absolute atomic E-state index is 0.0840. The van der Waals surface area contributed by atoms with Crippen molar-refractivity contribution in [3.05, 3.63) is 64.3 Å². The molecule has 1 N–H and O–H groups in total. The molecule has 0 spiro atoms. The van der Waals surface area contributed by atoms with Crippen molar-refractivity contribution in [2.75, 3.05) is 12.1 Å². The van der Waals surface area contributed by atoms with Crippen LogP contribution in [0.25, 0.3) is 6.08 Å². The summed E-state index contributed by atoms with van der Waals surface area (Å²) < 4.78 is 7.55. The van der Waals surface area contributed by atoms with E-state index >= 15 is 0 Å². The zero-order valence-electron chi connectivity index (χ0n) is 15.4. The minimum Gasteiger partial charge on any atom is -0.504 e. The Balaban J connectivity index is 2.01. The number of methoxy groups -OCH3 is 1. The summed E-state index contributed by atoms with van der Waals surface area (Å²) in [7, 11) is 1.49. The lowest BCUT2D eigenvalue weighted by atomic mass is 10.1. The van der Waals surface area contributed by atoms with Crippen LogP contribution in [-0.4, -0.2) is 27.1 Å². The number of ether oxygens (including phenoxy) is 1. The van der Waals surface area contributed by atoms with E-state index in [1.165, 1.54) is 23.9 Å². The Kier molecular flexibility index (Phi) is 5.43. The second-order valence-corrected chi connectivity index (χ2v) is 7.82. The zero-order chi connectivity index (χ0) is 19.7. The van der Waals surface area contributed by atoms with Gasteiger partial charge in [-0.25, -0.2) is 0 Å². The van der Waals surface area contributed by atoms with Crippen LogP contribution in [0.4, 0.5) is 0 Å². The number of hydrogen-bond donors (Lipinski definition) is 1. The Labute approximate surface area is 167 Å². The lowest BCUT2D eigenvalue weighted by Crippen LogP contribution is -2.39. The van der Waals surface area contributed by atoms with Gasteiger partial charge >= 0.3 is 0 Å². The number of nitrogens with zero attached hydrogens (tertiary/aromatic N) is 2. The molecule has 1 aliphatic rings. The number of aromatic hydroxyl groups is 1. The number of allylic oxidation sites excluding steroid dienone is 1. The lowest BCUT2D eigenvalue weighted by molar-refractivity contribution is -0.114. The molecule has 2 aromatic rings. The summed E-state index contributed by atoms with van der Waals surface area (Å²) in [5, 5.41) is 11.7. The molecule has 1 aliphatic heterocycles. The zero-order valence-corrected chi connectivity index (χ0v) is 17.0. The van der Waals surface area contributed by atoms with Crippen LogP contribution in [0, 0.1) is 13.8 Å². The number of benzene rings is 1. The molecular weight excluding hydrogens is 380 g/mol. The quantitative estimate of drug-likeness (QED) is 0.466. The van der Waals surface area contributed by atoms with Gasteiger partial charge in [0.2, 0.25) is 0 Å². The largest absolute Gasteiger partial charge is 0.504 e. The number of rotatable bonds is 5. The molecule has 0 saturated carbocycles. The number of thiocarbonyl (C=S) groups is 1. The van der Waals surface area contributed by atoms with E-state index in [2.05, 4.69) is 6.58 Å². The third-order valence-electron chi connectivity index (χ3n) is 4.27. The van der Waals surface area contributed by atoms with Crippen molar-refractivity contribution in [1.82, 2.24) is 4.68 Å². The van der Waals surface area contributed by atoms with Gasteiger partial charge in [-0.1, -0.05) is 17.8 Å². The number of amides is 1. The lowest BCUT2D eigenvalue weighted by Gasteiger charge is -2.20. The summed E-state index contributed by atoms with van der Waals surface area (Å²) in [5.41, 5.74) is 3.31. The number of aromatic nitrogens is 1. The monoisotopic (exact) mass is 400 g/mol. The van der Waals surface area contributed by atoms with Crippen LogP contribution in [0.15, 0.2) is 41.8 Å². The van der Waals surface area contributed by atoms with E-state index in [4.69, 9.17) is 17.0 Å². The second kappa shape index (κ2) is 7.62. The second-order valence-electron chi connectivity index (χ2n) is 6.15. The number of carbonyl (C=O) groups is 1. The van der Waals surface area contributed by atoms with Crippen LogP contribution < -0.4 is 9.75 Å². The third kappa shape index (κ3) is 3.52. The van der Waals surface area contributed by atoms with E-state index in [9.17, 15) is 9.90 Å². The molecule has 27 heavy (non-hydrogen) atoms. The van der Waals surface area contributed by atoms with E-state index in [0.29, 0.717) is 27.0 Å². The molecule has 1 aromatic heterocycles. The Bertz CT molecular complexity index is 956. The maximum atomic E-state index is 13.0. The van der Waals surface area contributed by atoms with Gasteiger partial charge < -0.3 is 9.84 Å². The number of phenols is 1. The van der Waals surface area contributed by atoms with E-state index in [0.717, 1.165) is 17.0 Å². The summed E-state index contributed by atoms with van der Waals surface area (Å²) in [6, 6.07) is 7.41. The summed E-state index contributed by atoms with van der Waals surface area (Å²) in [5.74, 6) is 0.263. The number of carbonyl (C=O) groups excluding carboxylic acids is 1. The molecule has 0 atom stereocenters. The highest BCUT2D eigenvalue weighted by Gasteiger charge is 2.34. The molecule has 0 aliphatic carbocycles. The highest BCUT2D eigenvalue weighted by atomic mass is 32.2. The summed E-state index contributed by atoms with van der Waals surface area (Å²) in [6.07, 6.45) is 3.96. The van der Waals surface area contributed by atoms with Gasteiger partial charge in [0, 0.05) is 17.0 Å². The van der Waals surface area contributed by atoms with Gasteiger partial charge in [-0.15, -0.1) is 6.58 Å². The molecule has 0 bridgehead atoms. The summed E-state index contributed by atoms with van der Waals surface area (Å²) in [6.45, 7) is 7.57. The van der Waals surface area contributed by atoms with Crippen molar-refractivity contribution in [3.8, 4) is 11.5 Å². The van der Waals surface area contributed by atoms with Crippen molar-refractivity contribution in [1.29, 1.82) is 0 Å². The number of hydrogen-bond acceptors (Lipinski definition) is 5. The van der Waals surface area contributed by atoms with Crippen LogP contribution in [0.3, 0.4) is 0 Å². The average molecular weight is 401 g/mol. The summed E-state index contributed by atoms with van der Waals surface area (Å²) in [4.78, 5) is 13.5. The molecule has 5 nitrogen and oxygen atoms in total. The average Bonchev–Trinajstić information content (AvgIpc) is 3.09. The van der Waals surface area contributed by atoms with E-state index in [-0.39, 0.29) is 11.7 Å². The Morgan fingerprint density at radius 3 is 2.56 bits per heavy atom. The van der Waals surface area contributed by atoms with Crippen molar-refractivity contribution < 1.29 is 14.6 Å². The van der Waals surface area contributed by atoms with Crippen LogP contribution in [-0.2, 0) is 11.2 Å². The van der Waals surface area contributed by atoms with Gasteiger partial charge in [-0.3, -0.25) is 9.47 Å². The molecule has 1 aromatic carbocycles. The summed E-state index contributed by atoms with van der Waals surface area (Å²) >= 11 is 6.70. The predicted octanol–water partition coefficient (Wildman–Crippen LogP) is 4.09. The first kappa shape index (κ1) is 19.3. The normalized spacial score (nSPS) is 15.7. The fraction of sp³-hybridized carbons (Fsp3) is 0.200. The highest BCUT2D eigenvalue weighted by Crippen LogP contribution is 2.36. The minimum atomic E-state index is -0.176. The van der Waals surface area contributed by atoms with Gasteiger partial charge in [-0.05, 0) is 68.4 Å². The molecule has 1 saturated heterocycles. The van der Waals surface area contributed by atoms with Gasteiger partial charge in [0.1, 0.15) is 0 Å². The topological polar surface area (TPSA) is 54.7 Å². The van der Waals surface area contributed by atoms with Crippen LogP contribution in [0.2, 0.25) is 0 Å². The fourth-order valence-electron chi connectivity index (χ4n) is 3.00. The molecule has 1 amide bonds. The number of aryl methyl sites for hydroxylation is 2. The molecule has 3 rings (SSSR count). The third-order valence-corrected chi connectivity index (χ3v) is 5.55. The smallest absolute Gasteiger partial charge is 0.285 e. The number of thioether (sulfide) groups is 1. The first-order valence-corrected chi connectivity index (χ1v) is 9.53. The van der Waals surface area contributed by atoms with E-state index < -0.39 is 0 Å². The van der Waals surface area contributed by atoms with Crippen LogP contribution >= 0.6 is 24.0 Å². The van der Waals surface area contributed by atoms with Gasteiger partial charge in [-0.2, -0.15) is 5.01 Å². The molecular formula is C20H20N2O3S2. The van der Waals surface area contributed by atoms with Crippen molar-refractivity contribution in [3.63, 3.8) is 0 Å². The van der Waals surface area contributed by atoms with Gasteiger partial charge in [0.05, 0.1) is 12.0 Å². The first-order valence-electron chi connectivity index (χ1n) is 8.31. The molecule has 2 heterocycles. The van der Waals surface area contributed by atoms with Gasteiger partial charge in [0.25, 0.3) is 5.91 Å². The number of phenolic OH excluding ortho intramolecular Hbond substituents is 1. The molecule has 0 radical (unpaired) electrons. The van der Waals surface area contributed by atoms with Crippen molar-refractivity contribution >= 4 is 40.3 Å². The SMILES string of the molecule is C=CCc1cc(/C=C2\SC(=S)N(n3c(C)ccc3C)C2=O)cc(OC)c1O. The van der Waals surface area contributed by atoms with E-state index in [1.54, 1.807) is 18.2 Å². The highest BCUT2D eigenvalue weighted by molar-refractivity contribution is 8.27. The van der Waals surface area contributed by atoms with Crippen molar-refractivity contribution in [2.45, 2.75) is 20.3 Å². The van der Waals surface area contributed by atoms with Crippen LogP contribution in [0.1, 0.15) is 22.5 Å². The predicted molar refractivity (Wildman–Crippen MR) is 114 cm³/mol. The molecule has 1 fully saturated rings. The molecule has 7 heteroatoms. The maximum absolute atomic E-state index is 13.0. The standard InChI is InChI=1S/C20H20N2O3S2/c1-5-6-15-9-14(10-16(25-4)18(15)23)11-17-19(24)22(20(26)27-17)21-12(2)7-8-13(21)3/h5,7-11,23H,1,6H2,2-4H3/b17-11-. The molecule has 140 valence electrons. The van der Waals surface area contributed by atoms with E-state index in [1.807, 2.05) is 36.7 Å². The fourth-order valence-corrected chi connectivity index (χ4v) is 4.24.